The molecule has 0 bridgehead atoms. The Kier molecular flexibility index (Phi) is 4.96. The van der Waals surface area contributed by atoms with Crippen LogP contribution in [0, 0.1) is 12.8 Å². The van der Waals surface area contributed by atoms with E-state index in [1.807, 2.05) is 6.92 Å². The van der Waals surface area contributed by atoms with Crippen molar-refractivity contribution in [1.29, 1.82) is 0 Å². The van der Waals surface area contributed by atoms with Crippen LogP contribution in [0.2, 0.25) is 0 Å². The normalized spacial score (nSPS) is 14.1. The highest BCUT2D eigenvalue weighted by Crippen LogP contribution is 2.07. The fourth-order valence-corrected chi connectivity index (χ4v) is 1.52. The maximum absolute atomic E-state index is 11.4. The average molecular weight is 241 g/mol. The van der Waals surface area contributed by atoms with Gasteiger partial charge in [0.1, 0.15) is 5.76 Å². The number of aliphatic hydroxyl groups is 1. The molecule has 1 heterocycles. The van der Waals surface area contributed by atoms with E-state index in [4.69, 9.17) is 4.52 Å². The zero-order chi connectivity index (χ0) is 12.8. The number of amides is 2. The average Bonchev–Trinajstić information content (AvgIpc) is 2.60. The first-order valence-electron chi connectivity index (χ1n) is 5.63. The first-order valence-corrected chi connectivity index (χ1v) is 5.63. The van der Waals surface area contributed by atoms with Crippen LogP contribution in [0.15, 0.2) is 10.6 Å². The van der Waals surface area contributed by atoms with Crippen molar-refractivity contribution in [2.45, 2.75) is 33.3 Å². The SMILES string of the molecule is Cc1cc(NC(=O)NCC(C)CC(C)O)no1. The number of hydrogen-bond acceptors (Lipinski definition) is 4. The molecule has 0 saturated heterocycles. The number of aryl methyl sites for hydroxylation is 1. The predicted molar refractivity (Wildman–Crippen MR) is 63.7 cm³/mol. The van der Waals surface area contributed by atoms with Crippen LogP contribution in [0.5, 0.6) is 0 Å². The molecule has 0 aliphatic carbocycles. The van der Waals surface area contributed by atoms with Gasteiger partial charge in [0, 0.05) is 12.6 Å². The molecule has 1 aromatic rings. The zero-order valence-corrected chi connectivity index (χ0v) is 10.4. The Balaban J connectivity index is 2.26. The Morgan fingerprint density at radius 1 is 1.59 bits per heavy atom. The highest BCUT2D eigenvalue weighted by atomic mass is 16.5. The second kappa shape index (κ2) is 6.24. The maximum atomic E-state index is 11.4. The lowest BCUT2D eigenvalue weighted by Crippen LogP contribution is -2.33. The number of rotatable bonds is 5. The smallest absolute Gasteiger partial charge is 0.320 e. The van der Waals surface area contributed by atoms with Gasteiger partial charge < -0.3 is 14.9 Å². The van der Waals surface area contributed by atoms with Crippen LogP contribution >= 0.6 is 0 Å². The van der Waals surface area contributed by atoms with Crippen molar-refractivity contribution in [1.82, 2.24) is 10.5 Å². The minimum absolute atomic E-state index is 0.222. The third kappa shape index (κ3) is 5.35. The third-order valence-electron chi connectivity index (χ3n) is 2.22. The standard InChI is InChI=1S/C11H19N3O3/c1-7(4-8(2)15)6-12-11(16)13-10-5-9(3)17-14-10/h5,7-8,15H,4,6H2,1-3H3,(H2,12,13,14,16). The number of carbonyl (C=O) groups is 1. The molecule has 17 heavy (non-hydrogen) atoms. The molecule has 6 nitrogen and oxygen atoms in total. The summed E-state index contributed by atoms with van der Waals surface area (Å²) in [7, 11) is 0. The molecular weight excluding hydrogens is 222 g/mol. The fraction of sp³-hybridized carbons (Fsp3) is 0.636. The van der Waals surface area contributed by atoms with E-state index < -0.39 is 0 Å². The molecule has 0 fully saturated rings. The van der Waals surface area contributed by atoms with Gasteiger partial charge in [0.25, 0.3) is 0 Å². The number of nitrogens with zero attached hydrogens (tertiary/aromatic N) is 1. The van der Waals surface area contributed by atoms with E-state index in [2.05, 4.69) is 15.8 Å². The molecule has 2 unspecified atom stereocenters. The van der Waals surface area contributed by atoms with Gasteiger partial charge in [-0.15, -0.1) is 0 Å². The number of aliphatic hydroxyl groups excluding tert-OH is 1. The fourth-order valence-electron chi connectivity index (χ4n) is 1.52. The molecule has 2 amide bonds. The van der Waals surface area contributed by atoms with Crippen molar-refractivity contribution in [3.8, 4) is 0 Å². The summed E-state index contributed by atoms with van der Waals surface area (Å²) in [5, 5.41) is 18.1. The van der Waals surface area contributed by atoms with Gasteiger partial charge in [-0.2, -0.15) is 0 Å². The number of nitrogens with one attached hydrogen (secondary N) is 2. The van der Waals surface area contributed by atoms with Gasteiger partial charge in [-0.1, -0.05) is 12.1 Å². The molecule has 6 heteroatoms. The summed E-state index contributed by atoms with van der Waals surface area (Å²) in [6, 6.07) is 1.31. The number of carbonyl (C=O) groups excluding carboxylic acids is 1. The van der Waals surface area contributed by atoms with E-state index in [1.54, 1.807) is 19.9 Å². The van der Waals surface area contributed by atoms with Crippen LogP contribution in [-0.2, 0) is 0 Å². The number of anilines is 1. The minimum atomic E-state index is -0.354. The van der Waals surface area contributed by atoms with Gasteiger partial charge in [-0.05, 0) is 26.2 Å². The van der Waals surface area contributed by atoms with E-state index in [0.29, 0.717) is 24.5 Å². The lowest BCUT2D eigenvalue weighted by atomic mass is 10.1. The predicted octanol–water partition coefficient (Wildman–Crippen LogP) is 1.51. The lowest BCUT2D eigenvalue weighted by molar-refractivity contribution is 0.163. The van der Waals surface area contributed by atoms with E-state index in [1.165, 1.54) is 0 Å². The highest BCUT2D eigenvalue weighted by Gasteiger charge is 2.09. The van der Waals surface area contributed by atoms with Crippen molar-refractivity contribution < 1.29 is 14.4 Å². The number of hydrogen-bond donors (Lipinski definition) is 3. The molecular formula is C11H19N3O3. The van der Waals surface area contributed by atoms with Crippen LogP contribution in [0.25, 0.3) is 0 Å². The first-order chi connectivity index (χ1) is 7.97. The summed E-state index contributed by atoms with van der Waals surface area (Å²) in [6.45, 7) is 5.95. The topological polar surface area (TPSA) is 87.4 Å². The van der Waals surface area contributed by atoms with Crippen LogP contribution < -0.4 is 10.6 Å². The highest BCUT2D eigenvalue weighted by molar-refractivity contribution is 5.88. The first kappa shape index (κ1) is 13.5. The summed E-state index contributed by atoms with van der Waals surface area (Å²) >= 11 is 0. The minimum Gasteiger partial charge on any atom is -0.393 e. The van der Waals surface area contributed by atoms with Crippen LogP contribution in [-0.4, -0.2) is 28.9 Å². The Morgan fingerprint density at radius 3 is 2.82 bits per heavy atom. The molecule has 1 aromatic heterocycles. The van der Waals surface area contributed by atoms with Crippen molar-refractivity contribution in [2.24, 2.45) is 5.92 Å². The van der Waals surface area contributed by atoms with Crippen molar-refractivity contribution >= 4 is 11.8 Å². The lowest BCUT2D eigenvalue weighted by Gasteiger charge is -2.13. The molecule has 96 valence electrons. The molecule has 3 N–H and O–H groups in total. The monoisotopic (exact) mass is 241 g/mol. The van der Waals surface area contributed by atoms with Gasteiger partial charge in [0.2, 0.25) is 0 Å². The Hall–Kier alpha value is -1.56. The number of aromatic nitrogens is 1. The summed E-state index contributed by atoms with van der Waals surface area (Å²) < 4.78 is 4.82. The molecule has 0 spiro atoms. The molecule has 0 aliphatic rings. The van der Waals surface area contributed by atoms with Gasteiger partial charge in [-0.3, -0.25) is 5.32 Å². The van der Waals surface area contributed by atoms with Crippen LogP contribution in [0.3, 0.4) is 0 Å². The van der Waals surface area contributed by atoms with Gasteiger partial charge in [0.15, 0.2) is 5.82 Å². The van der Waals surface area contributed by atoms with Crippen molar-refractivity contribution in [3.05, 3.63) is 11.8 Å². The molecule has 0 radical (unpaired) electrons. The van der Waals surface area contributed by atoms with E-state index in [9.17, 15) is 9.90 Å². The van der Waals surface area contributed by atoms with Gasteiger partial charge in [-0.25, -0.2) is 4.79 Å². The molecule has 0 saturated carbocycles. The second-order valence-corrected chi connectivity index (χ2v) is 4.35. The summed E-state index contributed by atoms with van der Waals surface area (Å²) in [5.74, 6) is 1.26. The van der Waals surface area contributed by atoms with Crippen LogP contribution in [0.1, 0.15) is 26.0 Å². The Labute approximate surface area is 100 Å². The quantitative estimate of drug-likeness (QED) is 0.729. The number of urea groups is 1. The van der Waals surface area contributed by atoms with E-state index in [-0.39, 0.29) is 18.1 Å². The summed E-state index contributed by atoms with van der Waals surface area (Å²) in [4.78, 5) is 11.4. The van der Waals surface area contributed by atoms with Crippen LogP contribution in [0.4, 0.5) is 10.6 Å². The largest absolute Gasteiger partial charge is 0.393 e. The third-order valence-corrected chi connectivity index (χ3v) is 2.22. The Morgan fingerprint density at radius 2 is 2.29 bits per heavy atom. The molecule has 0 aliphatic heterocycles. The van der Waals surface area contributed by atoms with E-state index >= 15 is 0 Å². The Bertz CT molecular complexity index is 363. The molecule has 2 atom stereocenters. The van der Waals surface area contributed by atoms with Gasteiger partial charge in [0.05, 0.1) is 6.10 Å². The summed E-state index contributed by atoms with van der Waals surface area (Å²) in [6.07, 6.45) is 0.302. The van der Waals surface area contributed by atoms with E-state index in [0.717, 1.165) is 0 Å². The summed E-state index contributed by atoms with van der Waals surface area (Å²) in [5.41, 5.74) is 0. The maximum Gasteiger partial charge on any atom is 0.320 e. The van der Waals surface area contributed by atoms with Crippen molar-refractivity contribution in [2.75, 3.05) is 11.9 Å². The molecule has 0 aromatic carbocycles. The molecule has 1 rings (SSSR count). The van der Waals surface area contributed by atoms with Gasteiger partial charge >= 0.3 is 6.03 Å². The second-order valence-electron chi connectivity index (χ2n) is 4.35. The zero-order valence-electron chi connectivity index (χ0n) is 10.4. The van der Waals surface area contributed by atoms with Crippen molar-refractivity contribution in [3.63, 3.8) is 0 Å².